The fourth-order valence-corrected chi connectivity index (χ4v) is 4.44. The molecular formula is C25H36N2O4. The Hall–Kier alpha value is -2.28. The van der Waals surface area contributed by atoms with Crippen LogP contribution in [-0.2, 0) is 13.1 Å². The average Bonchev–Trinajstić information content (AvgIpc) is 2.78. The van der Waals surface area contributed by atoms with E-state index in [-0.39, 0.29) is 6.61 Å². The van der Waals surface area contributed by atoms with Crippen LogP contribution in [0.4, 0.5) is 0 Å². The van der Waals surface area contributed by atoms with Crippen LogP contribution < -0.4 is 14.2 Å². The molecule has 0 bridgehead atoms. The summed E-state index contributed by atoms with van der Waals surface area (Å²) in [6.45, 7) is 9.00. The molecule has 3 rings (SSSR count). The summed E-state index contributed by atoms with van der Waals surface area (Å²) in [5.74, 6) is 2.66. The van der Waals surface area contributed by atoms with Crippen LogP contribution in [0.5, 0.6) is 17.2 Å². The lowest BCUT2D eigenvalue weighted by atomic mass is 10.00. The third kappa shape index (κ3) is 5.50. The molecule has 0 spiro atoms. The monoisotopic (exact) mass is 428 g/mol. The van der Waals surface area contributed by atoms with E-state index in [1.54, 1.807) is 21.3 Å². The molecule has 1 heterocycles. The maximum absolute atomic E-state index is 9.70. The molecule has 0 saturated carbocycles. The molecule has 1 atom stereocenters. The van der Waals surface area contributed by atoms with Gasteiger partial charge < -0.3 is 19.3 Å². The van der Waals surface area contributed by atoms with Crippen molar-refractivity contribution in [3.8, 4) is 17.2 Å². The van der Waals surface area contributed by atoms with Crippen LogP contribution in [0.2, 0.25) is 0 Å². The second-order valence-corrected chi connectivity index (χ2v) is 8.23. The van der Waals surface area contributed by atoms with Gasteiger partial charge in [-0.25, -0.2) is 0 Å². The number of benzene rings is 2. The molecule has 1 N–H and O–H groups in total. The van der Waals surface area contributed by atoms with Gasteiger partial charge in [-0.15, -0.1) is 0 Å². The zero-order valence-corrected chi connectivity index (χ0v) is 19.5. The molecule has 0 unspecified atom stereocenters. The molecule has 2 aromatic rings. The minimum Gasteiger partial charge on any atom is -0.497 e. The van der Waals surface area contributed by atoms with Gasteiger partial charge in [0.1, 0.15) is 17.2 Å². The first-order valence-corrected chi connectivity index (χ1v) is 10.9. The number of aliphatic hydroxyl groups is 1. The smallest absolute Gasteiger partial charge is 0.123 e. The number of piperazine rings is 1. The summed E-state index contributed by atoms with van der Waals surface area (Å²) in [4.78, 5) is 4.95. The Labute approximate surface area is 186 Å². The van der Waals surface area contributed by atoms with Crippen molar-refractivity contribution in [2.24, 2.45) is 0 Å². The molecule has 0 aromatic heterocycles. The molecule has 170 valence electrons. The van der Waals surface area contributed by atoms with Crippen molar-refractivity contribution in [1.82, 2.24) is 9.80 Å². The topological polar surface area (TPSA) is 54.4 Å². The van der Waals surface area contributed by atoms with Crippen molar-refractivity contribution in [3.63, 3.8) is 0 Å². The van der Waals surface area contributed by atoms with Gasteiger partial charge in [-0.05, 0) is 61.2 Å². The number of ether oxygens (including phenoxy) is 3. The van der Waals surface area contributed by atoms with E-state index in [2.05, 4.69) is 41.8 Å². The van der Waals surface area contributed by atoms with Crippen molar-refractivity contribution < 1.29 is 19.3 Å². The normalized spacial score (nSPS) is 17.5. The van der Waals surface area contributed by atoms with E-state index < -0.39 is 0 Å². The van der Waals surface area contributed by atoms with E-state index in [0.717, 1.165) is 62.0 Å². The Morgan fingerprint density at radius 2 is 1.61 bits per heavy atom. The van der Waals surface area contributed by atoms with Gasteiger partial charge in [-0.1, -0.05) is 6.07 Å². The van der Waals surface area contributed by atoms with Crippen LogP contribution in [0.1, 0.15) is 28.7 Å². The third-order valence-corrected chi connectivity index (χ3v) is 6.48. The minimum atomic E-state index is 0.193. The summed E-state index contributed by atoms with van der Waals surface area (Å²) in [7, 11) is 5.11. The molecule has 0 aliphatic carbocycles. The zero-order valence-electron chi connectivity index (χ0n) is 19.5. The van der Waals surface area contributed by atoms with Crippen molar-refractivity contribution in [3.05, 3.63) is 52.6 Å². The van der Waals surface area contributed by atoms with Crippen LogP contribution >= 0.6 is 0 Å². The SMILES string of the molecule is COc1ccc(OC)c(CN2CCN(Cc3ccc(OC)c(C)c3C)[C@@H](CCO)C2)c1. The number of methoxy groups -OCH3 is 3. The lowest BCUT2D eigenvalue weighted by molar-refractivity contribution is 0.0495. The van der Waals surface area contributed by atoms with Crippen molar-refractivity contribution >= 4 is 0 Å². The number of hydrogen-bond donors (Lipinski definition) is 1. The molecule has 0 amide bonds. The summed E-state index contributed by atoms with van der Waals surface area (Å²) >= 11 is 0. The van der Waals surface area contributed by atoms with Crippen LogP contribution in [0, 0.1) is 13.8 Å². The highest BCUT2D eigenvalue weighted by Gasteiger charge is 2.28. The Morgan fingerprint density at radius 1 is 0.871 bits per heavy atom. The van der Waals surface area contributed by atoms with Gasteiger partial charge in [-0.3, -0.25) is 9.80 Å². The fourth-order valence-electron chi connectivity index (χ4n) is 4.44. The maximum atomic E-state index is 9.70. The maximum Gasteiger partial charge on any atom is 0.123 e. The van der Waals surface area contributed by atoms with Gasteiger partial charge in [0.15, 0.2) is 0 Å². The quantitative estimate of drug-likeness (QED) is 0.661. The lowest BCUT2D eigenvalue weighted by Gasteiger charge is -2.42. The predicted molar refractivity (Wildman–Crippen MR) is 123 cm³/mol. The summed E-state index contributed by atoms with van der Waals surface area (Å²) < 4.78 is 16.4. The van der Waals surface area contributed by atoms with Crippen LogP contribution in [0.25, 0.3) is 0 Å². The Kier molecular flexibility index (Phi) is 8.18. The molecule has 1 aliphatic heterocycles. The van der Waals surface area contributed by atoms with E-state index >= 15 is 0 Å². The van der Waals surface area contributed by atoms with E-state index in [4.69, 9.17) is 14.2 Å². The fraction of sp³-hybridized carbons (Fsp3) is 0.520. The van der Waals surface area contributed by atoms with E-state index in [9.17, 15) is 5.11 Å². The molecule has 1 fully saturated rings. The Morgan fingerprint density at radius 3 is 2.29 bits per heavy atom. The standard InChI is InChI=1S/C25H36N2O4/c1-18-19(2)24(30-4)8-6-20(18)16-27-12-11-26(17-22(27)10-13-28)15-21-14-23(29-3)7-9-25(21)31-5/h6-9,14,22,28H,10-13,15-17H2,1-5H3/t22-/m0/s1. The van der Waals surface area contributed by atoms with Crippen LogP contribution in [-0.4, -0.2) is 68.5 Å². The van der Waals surface area contributed by atoms with Gasteiger partial charge in [0, 0.05) is 50.9 Å². The second kappa shape index (κ2) is 10.8. The zero-order chi connectivity index (χ0) is 22.4. The lowest BCUT2D eigenvalue weighted by Crippen LogP contribution is -2.52. The Balaban J connectivity index is 1.72. The average molecular weight is 429 g/mol. The molecular weight excluding hydrogens is 392 g/mol. The first-order valence-electron chi connectivity index (χ1n) is 10.9. The highest BCUT2D eigenvalue weighted by Crippen LogP contribution is 2.28. The highest BCUT2D eigenvalue weighted by molar-refractivity contribution is 5.43. The number of hydrogen-bond acceptors (Lipinski definition) is 6. The summed E-state index contributed by atoms with van der Waals surface area (Å²) in [5, 5.41) is 9.70. The van der Waals surface area contributed by atoms with Gasteiger partial charge in [-0.2, -0.15) is 0 Å². The first-order chi connectivity index (χ1) is 15.0. The number of nitrogens with zero attached hydrogens (tertiary/aromatic N) is 2. The predicted octanol–water partition coefficient (Wildman–Crippen LogP) is 3.40. The molecule has 1 aliphatic rings. The van der Waals surface area contributed by atoms with E-state index in [1.165, 1.54) is 16.7 Å². The molecule has 6 heteroatoms. The largest absolute Gasteiger partial charge is 0.497 e. The molecule has 1 saturated heterocycles. The minimum absolute atomic E-state index is 0.193. The molecule has 2 aromatic carbocycles. The number of aliphatic hydroxyl groups excluding tert-OH is 1. The summed E-state index contributed by atoms with van der Waals surface area (Å²) in [6, 6.07) is 10.5. The van der Waals surface area contributed by atoms with E-state index in [1.807, 2.05) is 12.1 Å². The summed E-state index contributed by atoms with van der Waals surface area (Å²) in [5.41, 5.74) is 4.93. The van der Waals surface area contributed by atoms with Crippen LogP contribution in [0.15, 0.2) is 30.3 Å². The molecule has 31 heavy (non-hydrogen) atoms. The highest BCUT2D eigenvalue weighted by atomic mass is 16.5. The van der Waals surface area contributed by atoms with Gasteiger partial charge in [0.25, 0.3) is 0 Å². The Bertz CT molecular complexity index is 871. The van der Waals surface area contributed by atoms with Gasteiger partial charge >= 0.3 is 0 Å². The molecule has 6 nitrogen and oxygen atoms in total. The molecule has 0 radical (unpaired) electrons. The summed E-state index contributed by atoms with van der Waals surface area (Å²) in [6.07, 6.45) is 0.764. The van der Waals surface area contributed by atoms with Gasteiger partial charge in [0.05, 0.1) is 21.3 Å². The van der Waals surface area contributed by atoms with Crippen molar-refractivity contribution in [1.29, 1.82) is 0 Å². The third-order valence-electron chi connectivity index (χ3n) is 6.48. The van der Waals surface area contributed by atoms with Crippen LogP contribution in [0.3, 0.4) is 0 Å². The number of rotatable bonds is 9. The van der Waals surface area contributed by atoms with Crippen molar-refractivity contribution in [2.45, 2.75) is 39.4 Å². The first kappa shape index (κ1) is 23.4. The second-order valence-electron chi connectivity index (χ2n) is 8.23. The van der Waals surface area contributed by atoms with E-state index in [0.29, 0.717) is 6.04 Å². The van der Waals surface area contributed by atoms with Crippen molar-refractivity contribution in [2.75, 3.05) is 47.6 Å². The van der Waals surface area contributed by atoms with Gasteiger partial charge in [0.2, 0.25) is 0 Å².